The van der Waals surface area contributed by atoms with Crippen LogP contribution in [0.4, 0.5) is 0 Å². The molecule has 3 nitrogen and oxygen atoms in total. The molecule has 0 aliphatic heterocycles. The van der Waals surface area contributed by atoms with E-state index in [0.29, 0.717) is 5.25 Å². The Bertz CT molecular complexity index is 548. The normalized spacial score (nSPS) is 27.3. The van der Waals surface area contributed by atoms with Gasteiger partial charge in [0.2, 0.25) is 0 Å². The van der Waals surface area contributed by atoms with Crippen molar-refractivity contribution in [3.05, 3.63) is 24.3 Å². The van der Waals surface area contributed by atoms with Gasteiger partial charge in [-0.3, -0.25) is 0 Å². The van der Waals surface area contributed by atoms with Crippen LogP contribution in [0.15, 0.2) is 33.9 Å². The second-order valence-corrected chi connectivity index (χ2v) is 7.28. The molecule has 20 heavy (non-hydrogen) atoms. The van der Waals surface area contributed by atoms with Crippen molar-refractivity contribution < 1.29 is 4.42 Å². The third-order valence-electron chi connectivity index (χ3n) is 4.35. The van der Waals surface area contributed by atoms with E-state index in [1.165, 1.54) is 12.8 Å². The number of rotatable bonds is 3. The Morgan fingerprint density at radius 2 is 2.10 bits per heavy atom. The summed E-state index contributed by atoms with van der Waals surface area (Å²) in [6.45, 7) is 4.62. The van der Waals surface area contributed by atoms with Crippen LogP contribution in [0, 0.1) is 11.8 Å². The van der Waals surface area contributed by atoms with Crippen LogP contribution in [0.5, 0.6) is 0 Å². The number of aromatic nitrogens is 1. The van der Waals surface area contributed by atoms with Crippen molar-refractivity contribution in [3.63, 3.8) is 0 Å². The van der Waals surface area contributed by atoms with Crippen molar-refractivity contribution in [2.45, 2.75) is 49.6 Å². The van der Waals surface area contributed by atoms with Crippen LogP contribution in [0.3, 0.4) is 0 Å². The number of hydrogen-bond donors (Lipinski definition) is 1. The van der Waals surface area contributed by atoms with Gasteiger partial charge in [-0.15, -0.1) is 0 Å². The molecule has 1 aromatic heterocycles. The minimum atomic E-state index is 0.255. The fourth-order valence-electron chi connectivity index (χ4n) is 2.96. The summed E-state index contributed by atoms with van der Waals surface area (Å²) in [5.41, 5.74) is 8.08. The van der Waals surface area contributed by atoms with Gasteiger partial charge in [0.05, 0.1) is 0 Å². The summed E-state index contributed by atoms with van der Waals surface area (Å²) in [7, 11) is 0. The zero-order chi connectivity index (χ0) is 14.1. The standard InChI is InChI=1S/C16H22N2OS/c1-10(2)11-7-8-12(17)15(9-11)20-16-18-13-5-3-4-6-14(13)19-16/h3-6,10-12,15H,7-9,17H2,1-2H3. The fourth-order valence-corrected chi connectivity index (χ4v) is 4.16. The molecule has 2 aromatic rings. The molecule has 1 aromatic carbocycles. The number of thioether (sulfide) groups is 1. The Morgan fingerprint density at radius 1 is 1.30 bits per heavy atom. The molecule has 4 heteroatoms. The van der Waals surface area contributed by atoms with Crippen molar-refractivity contribution in [3.8, 4) is 0 Å². The molecule has 0 amide bonds. The van der Waals surface area contributed by atoms with Crippen molar-refractivity contribution in [2.75, 3.05) is 0 Å². The lowest BCUT2D eigenvalue weighted by Gasteiger charge is -2.34. The third-order valence-corrected chi connectivity index (χ3v) is 5.57. The maximum Gasteiger partial charge on any atom is 0.257 e. The average molecular weight is 290 g/mol. The van der Waals surface area contributed by atoms with Crippen molar-refractivity contribution in [2.24, 2.45) is 17.6 Å². The maximum absolute atomic E-state index is 6.29. The van der Waals surface area contributed by atoms with Crippen LogP contribution in [-0.4, -0.2) is 16.3 Å². The first kappa shape index (κ1) is 14.0. The largest absolute Gasteiger partial charge is 0.431 e. The topological polar surface area (TPSA) is 52.0 Å². The zero-order valence-corrected chi connectivity index (χ0v) is 12.9. The fraction of sp³-hybridized carbons (Fsp3) is 0.562. The molecule has 0 bridgehead atoms. The molecule has 0 spiro atoms. The van der Waals surface area contributed by atoms with E-state index < -0.39 is 0 Å². The van der Waals surface area contributed by atoms with Gasteiger partial charge >= 0.3 is 0 Å². The lowest BCUT2D eigenvalue weighted by molar-refractivity contribution is 0.265. The summed E-state index contributed by atoms with van der Waals surface area (Å²) in [6, 6.07) is 8.17. The minimum absolute atomic E-state index is 0.255. The minimum Gasteiger partial charge on any atom is -0.431 e. The van der Waals surface area contributed by atoms with Gasteiger partial charge in [-0.25, -0.2) is 4.98 Å². The molecular formula is C16H22N2OS. The Balaban J connectivity index is 1.75. The molecule has 1 saturated carbocycles. The van der Waals surface area contributed by atoms with Crippen LogP contribution in [0.1, 0.15) is 33.1 Å². The van der Waals surface area contributed by atoms with Gasteiger partial charge in [0, 0.05) is 11.3 Å². The highest BCUT2D eigenvalue weighted by Crippen LogP contribution is 2.38. The van der Waals surface area contributed by atoms with Gasteiger partial charge in [-0.1, -0.05) is 37.7 Å². The molecule has 3 rings (SSSR count). The van der Waals surface area contributed by atoms with Gasteiger partial charge in [0.25, 0.3) is 5.22 Å². The third kappa shape index (κ3) is 2.86. The summed E-state index contributed by atoms with van der Waals surface area (Å²) in [5, 5.41) is 1.18. The van der Waals surface area contributed by atoms with Crippen LogP contribution >= 0.6 is 11.8 Å². The summed E-state index contributed by atoms with van der Waals surface area (Å²) < 4.78 is 5.81. The summed E-state index contributed by atoms with van der Waals surface area (Å²) in [4.78, 5) is 4.55. The molecule has 108 valence electrons. The van der Waals surface area contributed by atoms with E-state index in [9.17, 15) is 0 Å². The number of hydrogen-bond acceptors (Lipinski definition) is 4. The Labute approximate surface area is 124 Å². The van der Waals surface area contributed by atoms with Crippen LogP contribution in [-0.2, 0) is 0 Å². The smallest absolute Gasteiger partial charge is 0.257 e. The Morgan fingerprint density at radius 3 is 2.85 bits per heavy atom. The van der Waals surface area contributed by atoms with Crippen LogP contribution < -0.4 is 5.73 Å². The number of oxazole rings is 1. The molecule has 3 atom stereocenters. The second kappa shape index (κ2) is 5.78. The van der Waals surface area contributed by atoms with Crippen molar-refractivity contribution in [1.29, 1.82) is 0 Å². The summed E-state index contributed by atoms with van der Waals surface area (Å²) in [5.74, 6) is 1.51. The predicted octanol–water partition coefficient (Wildman–Crippen LogP) is 4.07. The molecule has 1 aliphatic rings. The second-order valence-electron chi connectivity index (χ2n) is 6.08. The van der Waals surface area contributed by atoms with Gasteiger partial charge in [-0.05, 0) is 43.2 Å². The highest BCUT2D eigenvalue weighted by Gasteiger charge is 2.31. The van der Waals surface area contributed by atoms with E-state index in [2.05, 4.69) is 18.8 Å². The molecule has 2 N–H and O–H groups in total. The number of para-hydroxylation sites is 2. The average Bonchev–Trinajstić information content (AvgIpc) is 2.83. The molecule has 0 radical (unpaired) electrons. The van der Waals surface area contributed by atoms with Crippen LogP contribution in [0.25, 0.3) is 11.1 Å². The molecule has 0 saturated heterocycles. The number of nitrogens with zero attached hydrogens (tertiary/aromatic N) is 1. The van der Waals surface area contributed by atoms with Crippen molar-refractivity contribution in [1.82, 2.24) is 4.98 Å². The Kier molecular flexibility index (Phi) is 4.03. The SMILES string of the molecule is CC(C)C1CCC(N)C(Sc2nc3ccccc3o2)C1. The van der Waals surface area contributed by atoms with Gasteiger partial charge in [-0.2, -0.15) is 0 Å². The number of fused-ring (bicyclic) bond motifs is 1. The molecule has 1 heterocycles. The van der Waals surface area contributed by atoms with E-state index in [1.807, 2.05) is 24.3 Å². The number of benzene rings is 1. The first-order valence-electron chi connectivity index (χ1n) is 7.41. The highest BCUT2D eigenvalue weighted by atomic mass is 32.2. The quantitative estimate of drug-likeness (QED) is 0.925. The summed E-state index contributed by atoms with van der Waals surface area (Å²) in [6.07, 6.45) is 3.53. The monoisotopic (exact) mass is 290 g/mol. The lowest BCUT2D eigenvalue weighted by atomic mass is 9.79. The molecule has 1 fully saturated rings. The first-order valence-corrected chi connectivity index (χ1v) is 8.29. The van der Waals surface area contributed by atoms with E-state index >= 15 is 0 Å². The summed E-state index contributed by atoms with van der Waals surface area (Å²) >= 11 is 1.72. The van der Waals surface area contributed by atoms with Crippen molar-refractivity contribution >= 4 is 22.9 Å². The predicted molar refractivity (Wildman–Crippen MR) is 83.8 cm³/mol. The lowest BCUT2D eigenvalue weighted by Crippen LogP contribution is -2.39. The van der Waals surface area contributed by atoms with Gasteiger partial charge in [0.15, 0.2) is 5.58 Å². The first-order chi connectivity index (χ1) is 9.63. The Hall–Kier alpha value is -1.00. The van der Waals surface area contributed by atoms with E-state index in [-0.39, 0.29) is 6.04 Å². The van der Waals surface area contributed by atoms with E-state index in [4.69, 9.17) is 10.2 Å². The molecule has 1 aliphatic carbocycles. The maximum atomic E-state index is 6.29. The van der Waals surface area contributed by atoms with Gasteiger partial charge in [0.1, 0.15) is 5.52 Å². The molecular weight excluding hydrogens is 268 g/mol. The van der Waals surface area contributed by atoms with E-state index in [0.717, 1.165) is 34.6 Å². The van der Waals surface area contributed by atoms with Crippen LogP contribution in [0.2, 0.25) is 0 Å². The number of nitrogens with two attached hydrogens (primary N) is 1. The van der Waals surface area contributed by atoms with Gasteiger partial charge < -0.3 is 10.2 Å². The highest BCUT2D eigenvalue weighted by molar-refractivity contribution is 7.99. The molecule has 3 unspecified atom stereocenters. The van der Waals surface area contributed by atoms with E-state index in [1.54, 1.807) is 11.8 Å². The zero-order valence-electron chi connectivity index (χ0n) is 12.1.